The van der Waals surface area contributed by atoms with Gasteiger partial charge in [-0.15, -0.1) is 10.2 Å². The molecule has 1 aliphatic rings. The van der Waals surface area contributed by atoms with Gasteiger partial charge in [-0.1, -0.05) is 0 Å². The summed E-state index contributed by atoms with van der Waals surface area (Å²) < 4.78 is 10.7. The fourth-order valence-electron chi connectivity index (χ4n) is 2.18. The molecule has 0 radical (unpaired) electrons. The van der Waals surface area contributed by atoms with Crippen molar-refractivity contribution in [2.45, 2.75) is 25.5 Å². The Morgan fingerprint density at radius 3 is 3.06 bits per heavy atom. The van der Waals surface area contributed by atoms with E-state index in [9.17, 15) is 5.11 Å². The number of hydrogen-bond donors (Lipinski definition) is 1. The first-order valence-corrected chi connectivity index (χ1v) is 5.93. The summed E-state index contributed by atoms with van der Waals surface area (Å²) in [5.41, 5.74) is -0.607. The number of aromatic nitrogens is 2. The minimum absolute atomic E-state index is 0.390. The van der Waals surface area contributed by atoms with Gasteiger partial charge in [-0.25, -0.2) is 0 Å². The molecule has 96 valence electrons. The molecule has 1 fully saturated rings. The van der Waals surface area contributed by atoms with E-state index < -0.39 is 5.60 Å². The van der Waals surface area contributed by atoms with Crippen LogP contribution in [0.15, 0.2) is 27.2 Å². The topological polar surface area (TPSA) is 75.5 Å². The number of β-amino-alcohol motifs (C(OH)–C–C–N with tert-alkyl or cyclic N) is 1. The normalized spacial score (nSPS) is 24.8. The Balaban J connectivity index is 1.68. The molecule has 18 heavy (non-hydrogen) atoms. The number of aliphatic hydroxyl groups is 1. The maximum absolute atomic E-state index is 9.88. The zero-order valence-electron chi connectivity index (χ0n) is 10.2. The SMILES string of the molecule is CC1(O)CCN(Cc2nnc(-c3ccco3)o2)C1. The van der Waals surface area contributed by atoms with Crippen LogP contribution in [0.4, 0.5) is 0 Å². The van der Waals surface area contributed by atoms with Crippen LogP contribution in [0.2, 0.25) is 0 Å². The Labute approximate surface area is 104 Å². The molecule has 1 aliphatic heterocycles. The van der Waals surface area contributed by atoms with Crippen molar-refractivity contribution < 1.29 is 13.9 Å². The summed E-state index contributed by atoms with van der Waals surface area (Å²) >= 11 is 0. The lowest BCUT2D eigenvalue weighted by molar-refractivity contribution is 0.0668. The lowest BCUT2D eigenvalue weighted by atomic mass is 10.1. The molecule has 1 atom stereocenters. The molecule has 2 aromatic heterocycles. The molecule has 6 nitrogen and oxygen atoms in total. The van der Waals surface area contributed by atoms with Crippen molar-refractivity contribution >= 4 is 0 Å². The highest BCUT2D eigenvalue weighted by molar-refractivity contribution is 5.42. The van der Waals surface area contributed by atoms with Crippen LogP contribution < -0.4 is 0 Å². The van der Waals surface area contributed by atoms with Crippen molar-refractivity contribution in [1.82, 2.24) is 15.1 Å². The van der Waals surface area contributed by atoms with Gasteiger partial charge in [0.15, 0.2) is 5.76 Å². The van der Waals surface area contributed by atoms with E-state index in [4.69, 9.17) is 8.83 Å². The van der Waals surface area contributed by atoms with Gasteiger partial charge in [0.25, 0.3) is 5.89 Å². The molecule has 0 saturated carbocycles. The van der Waals surface area contributed by atoms with E-state index >= 15 is 0 Å². The molecule has 3 heterocycles. The zero-order chi connectivity index (χ0) is 12.6. The quantitative estimate of drug-likeness (QED) is 0.883. The fraction of sp³-hybridized carbons (Fsp3) is 0.500. The molecule has 3 rings (SSSR count). The average molecular weight is 249 g/mol. The second-order valence-corrected chi connectivity index (χ2v) is 4.94. The molecule has 1 unspecified atom stereocenters. The van der Waals surface area contributed by atoms with Crippen LogP contribution in [0.1, 0.15) is 19.2 Å². The number of likely N-dealkylation sites (tertiary alicyclic amines) is 1. The maximum atomic E-state index is 9.88. The van der Waals surface area contributed by atoms with E-state index in [-0.39, 0.29) is 0 Å². The Morgan fingerprint density at radius 1 is 1.50 bits per heavy atom. The smallest absolute Gasteiger partial charge is 0.283 e. The molecule has 1 N–H and O–H groups in total. The molecular weight excluding hydrogens is 234 g/mol. The molecule has 0 aromatic carbocycles. The van der Waals surface area contributed by atoms with E-state index in [1.54, 1.807) is 18.4 Å². The van der Waals surface area contributed by atoms with E-state index in [0.29, 0.717) is 30.6 Å². The second kappa shape index (κ2) is 4.22. The van der Waals surface area contributed by atoms with Crippen LogP contribution in [0, 0.1) is 0 Å². The van der Waals surface area contributed by atoms with Gasteiger partial charge < -0.3 is 13.9 Å². The average Bonchev–Trinajstić information content (AvgIpc) is 2.99. The fourth-order valence-corrected chi connectivity index (χ4v) is 2.18. The van der Waals surface area contributed by atoms with Crippen molar-refractivity contribution in [2.75, 3.05) is 13.1 Å². The Morgan fingerprint density at radius 2 is 2.39 bits per heavy atom. The van der Waals surface area contributed by atoms with Gasteiger partial charge >= 0.3 is 0 Å². The van der Waals surface area contributed by atoms with E-state index in [2.05, 4.69) is 15.1 Å². The van der Waals surface area contributed by atoms with Crippen LogP contribution in [-0.2, 0) is 6.54 Å². The van der Waals surface area contributed by atoms with Gasteiger partial charge in [0, 0.05) is 13.1 Å². The molecule has 2 aromatic rings. The van der Waals surface area contributed by atoms with Crippen LogP contribution in [-0.4, -0.2) is 38.9 Å². The highest BCUT2D eigenvalue weighted by atomic mass is 16.4. The Kier molecular flexibility index (Phi) is 2.68. The summed E-state index contributed by atoms with van der Waals surface area (Å²) in [6, 6.07) is 3.55. The number of furan rings is 1. The zero-order valence-corrected chi connectivity index (χ0v) is 10.2. The molecule has 0 bridgehead atoms. The van der Waals surface area contributed by atoms with Gasteiger partial charge in [0.1, 0.15) is 0 Å². The van der Waals surface area contributed by atoms with Gasteiger partial charge in [0.2, 0.25) is 5.89 Å². The summed E-state index contributed by atoms with van der Waals surface area (Å²) in [6.45, 7) is 3.87. The summed E-state index contributed by atoms with van der Waals surface area (Å²) in [4.78, 5) is 2.10. The molecular formula is C12H15N3O3. The van der Waals surface area contributed by atoms with Gasteiger partial charge in [-0.05, 0) is 25.5 Å². The van der Waals surface area contributed by atoms with Crippen molar-refractivity contribution in [2.24, 2.45) is 0 Å². The van der Waals surface area contributed by atoms with Crippen LogP contribution in [0.5, 0.6) is 0 Å². The molecule has 0 aliphatic carbocycles. The molecule has 0 amide bonds. The predicted octanol–water partition coefficient (Wildman–Crippen LogP) is 1.29. The Hall–Kier alpha value is -1.66. The van der Waals surface area contributed by atoms with Crippen molar-refractivity contribution in [3.8, 4) is 11.7 Å². The van der Waals surface area contributed by atoms with Crippen LogP contribution >= 0.6 is 0 Å². The first kappa shape index (κ1) is 11.4. The largest absolute Gasteiger partial charge is 0.459 e. The predicted molar refractivity (Wildman–Crippen MR) is 62.5 cm³/mol. The molecule has 6 heteroatoms. The summed E-state index contributed by atoms with van der Waals surface area (Å²) in [5.74, 6) is 1.50. The first-order valence-electron chi connectivity index (χ1n) is 5.93. The molecule has 1 saturated heterocycles. The summed E-state index contributed by atoms with van der Waals surface area (Å²) in [6.07, 6.45) is 2.34. The third-order valence-corrected chi connectivity index (χ3v) is 3.09. The van der Waals surface area contributed by atoms with Crippen LogP contribution in [0.25, 0.3) is 11.7 Å². The van der Waals surface area contributed by atoms with E-state index in [1.807, 2.05) is 6.92 Å². The minimum atomic E-state index is -0.607. The lowest BCUT2D eigenvalue weighted by Crippen LogP contribution is -2.29. The van der Waals surface area contributed by atoms with Gasteiger partial charge in [-0.3, -0.25) is 4.90 Å². The standard InChI is InChI=1S/C12H15N3O3/c1-12(16)4-5-15(8-12)7-10-13-14-11(18-10)9-3-2-6-17-9/h2-3,6,16H,4-5,7-8H2,1H3. The van der Waals surface area contributed by atoms with Gasteiger partial charge in [0.05, 0.1) is 18.4 Å². The first-order chi connectivity index (χ1) is 8.62. The number of nitrogens with zero attached hydrogens (tertiary/aromatic N) is 3. The van der Waals surface area contributed by atoms with Crippen molar-refractivity contribution in [1.29, 1.82) is 0 Å². The van der Waals surface area contributed by atoms with E-state index in [0.717, 1.165) is 13.0 Å². The second-order valence-electron chi connectivity index (χ2n) is 4.94. The number of hydrogen-bond acceptors (Lipinski definition) is 6. The van der Waals surface area contributed by atoms with Crippen molar-refractivity contribution in [3.05, 3.63) is 24.3 Å². The minimum Gasteiger partial charge on any atom is -0.459 e. The molecule has 0 spiro atoms. The third kappa shape index (κ3) is 2.30. The highest BCUT2D eigenvalue weighted by Crippen LogP contribution is 2.23. The van der Waals surface area contributed by atoms with Crippen molar-refractivity contribution in [3.63, 3.8) is 0 Å². The highest BCUT2D eigenvalue weighted by Gasteiger charge is 2.32. The maximum Gasteiger partial charge on any atom is 0.283 e. The lowest BCUT2D eigenvalue weighted by Gasteiger charge is -2.16. The van der Waals surface area contributed by atoms with E-state index in [1.165, 1.54) is 0 Å². The van der Waals surface area contributed by atoms with Crippen LogP contribution in [0.3, 0.4) is 0 Å². The summed E-state index contributed by atoms with van der Waals surface area (Å²) in [5, 5.41) is 17.8. The Bertz CT molecular complexity index is 518. The van der Waals surface area contributed by atoms with Gasteiger partial charge in [-0.2, -0.15) is 0 Å². The summed E-state index contributed by atoms with van der Waals surface area (Å²) in [7, 11) is 0. The monoisotopic (exact) mass is 249 g/mol. The third-order valence-electron chi connectivity index (χ3n) is 3.09. The number of rotatable bonds is 3.